The van der Waals surface area contributed by atoms with Crippen molar-refractivity contribution in [1.29, 1.82) is 5.26 Å². The lowest BCUT2D eigenvalue weighted by molar-refractivity contribution is 0.372. The van der Waals surface area contributed by atoms with Gasteiger partial charge in [0, 0.05) is 18.8 Å². The van der Waals surface area contributed by atoms with E-state index in [9.17, 15) is 5.26 Å². The minimum atomic E-state index is -0.416. The van der Waals surface area contributed by atoms with Crippen LogP contribution in [0.1, 0.15) is 45.9 Å². The average molecular weight is 295 g/mol. The first-order chi connectivity index (χ1) is 9.38. The van der Waals surface area contributed by atoms with Crippen LogP contribution in [0.25, 0.3) is 0 Å². The molecule has 0 radical (unpaired) electrons. The lowest BCUT2D eigenvalue weighted by atomic mass is 9.96. The molecule has 0 spiro atoms. The molecule has 1 aromatic heterocycles. The van der Waals surface area contributed by atoms with Crippen molar-refractivity contribution in [2.24, 2.45) is 7.05 Å². The fraction of sp³-hybridized carbons (Fsp3) is 0.786. The Hall–Kier alpha value is -1.06. The molecule has 0 saturated carbocycles. The molecule has 1 atom stereocenters. The Kier molecular flexibility index (Phi) is 6.50. The van der Waals surface area contributed by atoms with Crippen LogP contribution in [-0.4, -0.2) is 32.1 Å². The van der Waals surface area contributed by atoms with Crippen molar-refractivity contribution in [1.82, 2.24) is 20.1 Å². The number of hydrogen-bond acceptors (Lipinski definition) is 5. The summed E-state index contributed by atoms with van der Waals surface area (Å²) in [4.78, 5) is 0. The number of hydrogen-bond donors (Lipinski definition) is 1. The quantitative estimate of drug-likeness (QED) is 0.590. The van der Waals surface area contributed by atoms with Crippen molar-refractivity contribution in [3.63, 3.8) is 0 Å². The van der Waals surface area contributed by atoms with E-state index in [1.165, 1.54) is 0 Å². The second-order valence-electron chi connectivity index (χ2n) is 5.64. The molecular formula is C14H25N5S. The Morgan fingerprint density at radius 1 is 1.40 bits per heavy atom. The molecule has 6 heteroatoms. The predicted octanol–water partition coefficient (Wildman–Crippen LogP) is 2.67. The van der Waals surface area contributed by atoms with E-state index in [0.29, 0.717) is 6.04 Å². The molecule has 0 aliphatic heterocycles. The summed E-state index contributed by atoms with van der Waals surface area (Å²) in [5.74, 6) is 1.94. The summed E-state index contributed by atoms with van der Waals surface area (Å²) < 4.78 is 2.00. The number of aromatic nitrogens is 3. The van der Waals surface area contributed by atoms with Gasteiger partial charge in [-0.3, -0.25) is 5.32 Å². The average Bonchev–Trinajstić information content (AvgIpc) is 2.69. The zero-order valence-electron chi connectivity index (χ0n) is 13.1. The lowest BCUT2D eigenvalue weighted by Crippen LogP contribution is -2.44. The fourth-order valence-corrected chi connectivity index (χ4v) is 3.01. The molecular weight excluding hydrogens is 270 g/mol. The van der Waals surface area contributed by atoms with Gasteiger partial charge in [0.2, 0.25) is 0 Å². The van der Waals surface area contributed by atoms with E-state index in [2.05, 4.69) is 35.4 Å². The van der Waals surface area contributed by atoms with Crippen molar-refractivity contribution < 1.29 is 0 Å². The summed E-state index contributed by atoms with van der Waals surface area (Å²) in [6.07, 6.45) is 2.99. The smallest absolute Gasteiger partial charge is 0.190 e. The predicted molar refractivity (Wildman–Crippen MR) is 82.6 cm³/mol. The monoisotopic (exact) mass is 295 g/mol. The molecule has 0 aromatic carbocycles. The molecule has 0 aliphatic carbocycles. The minimum Gasteiger partial charge on any atom is -0.309 e. The van der Waals surface area contributed by atoms with Gasteiger partial charge in [0.1, 0.15) is 11.4 Å². The number of nitriles is 1. The zero-order chi connectivity index (χ0) is 15.2. The van der Waals surface area contributed by atoms with Gasteiger partial charge in [-0.25, -0.2) is 0 Å². The molecule has 1 heterocycles. The van der Waals surface area contributed by atoms with E-state index in [0.717, 1.165) is 36.0 Å². The van der Waals surface area contributed by atoms with Crippen LogP contribution in [0.4, 0.5) is 0 Å². The van der Waals surface area contributed by atoms with Gasteiger partial charge in [-0.15, -0.1) is 10.2 Å². The maximum Gasteiger partial charge on any atom is 0.190 e. The Morgan fingerprint density at radius 3 is 2.60 bits per heavy atom. The van der Waals surface area contributed by atoms with Crippen molar-refractivity contribution in [2.75, 3.05) is 5.75 Å². The molecule has 20 heavy (non-hydrogen) atoms. The molecule has 0 aliphatic rings. The van der Waals surface area contributed by atoms with Crippen molar-refractivity contribution in [3.05, 3.63) is 5.82 Å². The second kappa shape index (κ2) is 7.65. The molecule has 0 saturated heterocycles. The van der Waals surface area contributed by atoms with Crippen LogP contribution >= 0.6 is 11.8 Å². The first kappa shape index (κ1) is 17.0. The summed E-state index contributed by atoms with van der Waals surface area (Å²) in [5.41, 5.74) is -0.416. The largest absolute Gasteiger partial charge is 0.309 e. The molecule has 1 unspecified atom stereocenters. The van der Waals surface area contributed by atoms with Crippen LogP contribution in [0.15, 0.2) is 5.16 Å². The lowest BCUT2D eigenvalue weighted by Gasteiger charge is -2.25. The standard InChI is InChI=1S/C14H25N5S/c1-11(2)16-14(4,10-15)8-6-7-9-20-13-18-17-12(3)19(13)5/h11,16H,6-9H2,1-5H3. The Labute approximate surface area is 126 Å². The highest BCUT2D eigenvalue weighted by Crippen LogP contribution is 2.19. The Morgan fingerprint density at radius 2 is 2.10 bits per heavy atom. The van der Waals surface area contributed by atoms with Crippen molar-refractivity contribution in [2.45, 2.75) is 63.7 Å². The van der Waals surface area contributed by atoms with Crippen LogP contribution in [-0.2, 0) is 7.05 Å². The van der Waals surface area contributed by atoms with Crippen molar-refractivity contribution in [3.8, 4) is 6.07 Å². The van der Waals surface area contributed by atoms with Gasteiger partial charge in [0.05, 0.1) is 6.07 Å². The minimum absolute atomic E-state index is 0.329. The normalized spacial score (nSPS) is 14.2. The fourth-order valence-electron chi connectivity index (χ4n) is 2.05. The van der Waals surface area contributed by atoms with Crippen LogP contribution < -0.4 is 5.32 Å². The van der Waals surface area contributed by atoms with Crippen LogP contribution in [0.5, 0.6) is 0 Å². The molecule has 1 rings (SSSR count). The van der Waals surface area contributed by atoms with Crippen LogP contribution in [0, 0.1) is 18.3 Å². The molecule has 1 aromatic rings. The Bertz CT molecular complexity index is 463. The molecule has 5 nitrogen and oxygen atoms in total. The van der Waals surface area contributed by atoms with Gasteiger partial charge in [-0.2, -0.15) is 5.26 Å². The number of unbranched alkanes of at least 4 members (excludes halogenated alkanes) is 1. The highest BCUT2D eigenvalue weighted by Gasteiger charge is 2.23. The molecule has 0 amide bonds. The number of aryl methyl sites for hydroxylation is 1. The van der Waals surface area contributed by atoms with E-state index in [-0.39, 0.29) is 0 Å². The van der Waals surface area contributed by atoms with E-state index in [1.54, 1.807) is 11.8 Å². The van der Waals surface area contributed by atoms with E-state index in [4.69, 9.17) is 0 Å². The molecule has 0 bridgehead atoms. The molecule has 112 valence electrons. The third-order valence-electron chi connectivity index (χ3n) is 3.21. The maximum atomic E-state index is 9.27. The number of thioether (sulfide) groups is 1. The first-order valence-electron chi connectivity index (χ1n) is 7.05. The summed E-state index contributed by atoms with van der Waals surface area (Å²) >= 11 is 1.73. The van der Waals surface area contributed by atoms with E-state index < -0.39 is 5.54 Å². The highest BCUT2D eigenvalue weighted by molar-refractivity contribution is 7.99. The van der Waals surface area contributed by atoms with E-state index in [1.807, 2.05) is 25.5 Å². The van der Waals surface area contributed by atoms with Gasteiger partial charge in [0.15, 0.2) is 5.16 Å². The summed E-state index contributed by atoms with van der Waals surface area (Å²) in [6, 6.07) is 2.72. The topological polar surface area (TPSA) is 66.5 Å². The first-order valence-corrected chi connectivity index (χ1v) is 8.04. The van der Waals surface area contributed by atoms with Crippen LogP contribution in [0.2, 0.25) is 0 Å². The maximum absolute atomic E-state index is 9.27. The van der Waals surface area contributed by atoms with Gasteiger partial charge >= 0.3 is 0 Å². The SMILES string of the molecule is Cc1nnc(SCCCCC(C)(C#N)NC(C)C)n1C. The van der Waals surface area contributed by atoms with E-state index >= 15 is 0 Å². The molecule has 1 N–H and O–H groups in total. The van der Waals surface area contributed by atoms with Gasteiger partial charge in [-0.05, 0) is 47.0 Å². The van der Waals surface area contributed by atoms with Gasteiger partial charge in [-0.1, -0.05) is 11.8 Å². The zero-order valence-corrected chi connectivity index (χ0v) is 13.9. The third-order valence-corrected chi connectivity index (χ3v) is 4.32. The van der Waals surface area contributed by atoms with Crippen molar-refractivity contribution >= 4 is 11.8 Å². The summed E-state index contributed by atoms with van der Waals surface area (Å²) in [7, 11) is 1.98. The van der Waals surface area contributed by atoms with Gasteiger partial charge < -0.3 is 4.57 Å². The number of nitrogens with one attached hydrogen (secondary N) is 1. The highest BCUT2D eigenvalue weighted by atomic mass is 32.2. The third kappa shape index (κ3) is 5.14. The Balaban J connectivity index is 2.28. The summed E-state index contributed by atoms with van der Waals surface area (Å²) in [6.45, 7) is 8.07. The second-order valence-corrected chi connectivity index (χ2v) is 6.70. The number of rotatable bonds is 8. The van der Waals surface area contributed by atoms with Crippen LogP contribution in [0.3, 0.4) is 0 Å². The summed E-state index contributed by atoms with van der Waals surface area (Å²) in [5, 5.41) is 21.7. The van der Waals surface area contributed by atoms with Gasteiger partial charge in [0.25, 0.3) is 0 Å². The molecule has 0 fully saturated rings. The number of nitrogens with zero attached hydrogens (tertiary/aromatic N) is 4.